The highest BCUT2D eigenvalue weighted by Gasteiger charge is 2.33. The number of carbonyl (C=O) groups is 1. The van der Waals surface area contributed by atoms with Gasteiger partial charge in [-0.25, -0.2) is 9.18 Å². The van der Waals surface area contributed by atoms with Gasteiger partial charge in [-0.3, -0.25) is 4.90 Å². The van der Waals surface area contributed by atoms with E-state index in [4.69, 9.17) is 9.84 Å². The number of anilines is 1. The van der Waals surface area contributed by atoms with E-state index < -0.39 is 5.97 Å². The fourth-order valence-corrected chi connectivity index (χ4v) is 3.72. The van der Waals surface area contributed by atoms with Crippen molar-refractivity contribution in [1.29, 1.82) is 0 Å². The molecule has 0 spiro atoms. The largest absolute Gasteiger partial charge is 0.475 e. The molecule has 0 amide bonds. The first-order chi connectivity index (χ1) is 11.6. The van der Waals surface area contributed by atoms with Crippen LogP contribution in [0.15, 0.2) is 24.1 Å². The summed E-state index contributed by atoms with van der Waals surface area (Å²) in [5.41, 5.74) is 1.21. The lowest BCUT2D eigenvalue weighted by atomic mass is 9.92. The van der Waals surface area contributed by atoms with Gasteiger partial charge in [-0.05, 0) is 30.9 Å². The van der Waals surface area contributed by atoms with Crippen LogP contribution in [0.4, 0.5) is 10.1 Å². The van der Waals surface area contributed by atoms with Crippen molar-refractivity contribution in [3.05, 3.63) is 35.5 Å². The first-order valence-corrected chi connectivity index (χ1v) is 8.28. The molecular weight excluding hydrogens is 313 g/mol. The van der Waals surface area contributed by atoms with Crippen molar-refractivity contribution >= 4 is 11.7 Å². The van der Waals surface area contributed by atoms with Gasteiger partial charge in [0, 0.05) is 37.8 Å². The predicted molar refractivity (Wildman–Crippen MR) is 86.5 cm³/mol. The van der Waals surface area contributed by atoms with E-state index >= 15 is 0 Å². The lowest BCUT2D eigenvalue weighted by molar-refractivity contribution is -0.135. The lowest BCUT2D eigenvalue weighted by Gasteiger charge is -2.46. The summed E-state index contributed by atoms with van der Waals surface area (Å²) in [5, 5.41) is 15.3. The Morgan fingerprint density at radius 3 is 2.96 bits per heavy atom. The minimum Gasteiger partial charge on any atom is -0.475 e. The highest BCUT2D eigenvalue weighted by molar-refractivity contribution is 5.86. The van der Waals surface area contributed by atoms with Crippen molar-refractivity contribution in [2.75, 3.05) is 25.0 Å². The molecule has 0 saturated carbocycles. The van der Waals surface area contributed by atoms with E-state index in [1.165, 1.54) is 25.1 Å². The fraction of sp³-hybridized carbons (Fsp3) is 0.471. The molecule has 3 saturated heterocycles. The zero-order valence-electron chi connectivity index (χ0n) is 13.2. The second kappa shape index (κ2) is 6.07. The second-order valence-electron chi connectivity index (χ2n) is 6.58. The molecule has 2 unspecified atom stereocenters. The molecule has 6 nitrogen and oxygen atoms in total. The second-order valence-corrected chi connectivity index (χ2v) is 6.58. The van der Waals surface area contributed by atoms with Gasteiger partial charge in [-0.15, -0.1) is 0 Å². The average Bonchev–Trinajstić information content (AvgIpc) is 2.60. The third kappa shape index (κ3) is 2.85. The number of benzene rings is 1. The molecule has 4 aliphatic rings. The van der Waals surface area contributed by atoms with Crippen molar-refractivity contribution in [3.8, 4) is 5.75 Å². The number of nitrogens with one attached hydrogen (secondary N) is 2. The number of rotatable bonds is 4. The monoisotopic (exact) mass is 333 g/mol. The van der Waals surface area contributed by atoms with Gasteiger partial charge in [0.2, 0.25) is 5.76 Å². The van der Waals surface area contributed by atoms with Crippen molar-refractivity contribution in [2.45, 2.75) is 31.3 Å². The van der Waals surface area contributed by atoms with Crippen LogP contribution in [0.5, 0.6) is 5.75 Å². The molecule has 24 heavy (non-hydrogen) atoms. The maximum Gasteiger partial charge on any atom is 0.373 e. The zero-order chi connectivity index (χ0) is 16.7. The number of ether oxygens (including phenoxy) is 1. The Morgan fingerprint density at radius 1 is 1.42 bits per heavy atom. The van der Waals surface area contributed by atoms with Gasteiger partial charge in [0.05, 0.1) is 11.9 Å². The van der Waals surface area contributed by atoms with E-state index in [1.54, 1.807) is 6.07 Å². The van der Waals surface area contributed by atoms with Crippen LogP contribution in [-0.2, 0) is 11.2 Å². The Hall–Kier alpha value is -2.12. The molecule has 4 heterocycles. The molecule has 3 fully saturated rings. The van der Waals surface area contributed by atoms with E-state index in [2.05, 4.69) is 15.5 Å². The Balaban J connectivity index is 1.45. The standard InChI is InChI=1S/C17H20FN3O3/c18-13-6-15-14(20-8-16(24-15)17(22)23)5-10(13)3-4-21-9-11-1-2-12(21)7-19-11/h5-6,8,11-12,19-20H,1-4,7,9H2,(H,22,23). The summed E-state index contributed by atoms with van der Waals surface area (Å²) in [5.74, 6) is -1.59. The van der Waals surface area contributed by atoms with Gasteiger partial charge in [0.1, 0.15) is 5.82 Å². The van der Waals surface area contributed by atoms with E-state index in [9.17, 15) is 9.18 Å². The maximum absolute atomic E-state index is 14.3. The topological polar surface area (TPSA) is 73.8 Å². The van der Waals surface area contributed by atoms with Crippen LogP contribution in [0.25, 0.3) is 0 Å². The third-order valence-electron chi connectivity index (χ3n) is 5.07. The fourth-order valence-electron chi connectivity index (χ4n) is 3.72. The molecule has 0 aliphatic carbocycles. The van der Waals surface area contributed by atoms with Crippen molar-refractivity contribution in [3.63, 3.8) is 0 Å². The summed E-state index contributed by atoms with van der Waals surface area (Å²) in [7, 11) is 0. The van der Waals surface area contributed by atoms with Gasteiger partial charge in [-0.1, -0.05) is 0 Å². The number of piperazine rings is 1. The molecule has 4 aliphatic heterocycles. The molecular formula is C17H20FN3O3. The SMILES string of the molecule is O=C(O)C1=CNc2cc(CCN3CC4CCC3CN4)c(F)cc2O1. The Bertz CT molecular complexity index is 699. The molecule has 128 valence electrons. The van der Waals surface area contributed by atoms with Gasteiger partial charge < -0.3 is 20.5 Å². The first kappa shape index (κ1) is 15.4. The van der Waals surface area contributed by atoms with Crippen LogP contribution in [-0.4, -0.2) is 47.7 Å². The number of hydrogen-bond acceptors (Lipinski definition) is 5. The summed E-state index contributed by atoms with van der Waals surface area (Å²) >= 11 is 0. The summed E-state index contributed by atoms with van der Waals surface area (Å²) in [4.78, 5) is 13.4. The van der Waals surface area contributed by atoms with Crippen LogP contribution < -0.4 is 15.4 Å². The van der Waals surface area contributed by atoms with Crippen LogP contribution in [0, 0.1) is 5.82 Å². The summed E-state index contributed by atoms with van der Waals surface area (Å²) in [6, 6.07) is 4.09. The molecule has 0 aromatic heterocycles. The van der Waals surface area contributed by atoms with E-state index in [0.717, 1.165) is 19.6 Å². The number of nitrogens with zero attached hydrogens (tertiary/aromatic N) is 1. The highest BCUT2D eigenvalue weighted by Crippen LogP contribution is 2.33. The zero-order valence-corrected chi connectivity index (χ0v) is 13.2. The van der Waals surface area contributed by atoms with Crippen LogP contribution in [0.2, 0.25) is 0 Å². The van der Waals surface area contributed by atoms with Crippen molar-refractivity contribution in [1.82, 2.24) is 10.2 Å². The number of carboxylic acids is 1. The number of carboxylic acid groups (broad SMARTS) is 1. The van der Waals surface area contributed by atoms with Crippen LogP contribution >= 0.6 is 0 Å². The van der Waals surface area contributed by atoms with Crippen LogP contribution in [0.1, 0.15) is 18.4 Å². The predicted octanol–water partition coefficient (Wildman–Crippen LogP) is 1.53. The highest BCUT2D eigenvalue weighted by atomic mass is 19.1. The number of aliphatic carboxylic acids is 1. The van der Waals surface area contributed by atoms with E-state index in [0.29, 0.717) is 29.8 Å². The maximum atomic E-state index is 14.3. The molecule has 3 N–H and O–H groups in total. The smallest absolute Gasteiger partial charge is 0.373 e. The average molecular weight is 333 g/mol. The Labute approximate surface area is 139 Å². The molecule has 2 atom stereocenters. The van der Waals surface area contributed by atoms with Gasteiger partial charge in [0.15, 0.2) is 5.75 Å². The molecule has 1 aromatic carbocycles. The normalized spacial score (nSPS) is 25.5. The van der Waals surface area contributed by atoms with Crippen molar-refractivity contribution in [2.24, 2.45) is 0 Å². The quantitative estimate of drug-likeness (QED) is 0.776. The molecule has 1 aromatic rings. The van der Waals surface area contributed by atoms with Gasteiger partial charge in [-0.2, -0.15) is 0 Å². The Morgan fingerprint density at radius 2 is 2.29 bits per heavy atom. The first-order valence-electron chi connectivity index (χ1n) is 8.28. The summed E-state index contributed by atoms with van der Waals surface area (Å²) in [6.07, 6.45) is 4.34. The van der Waals surface area contributed by atoms with E-state index in [1.807, 2.05) is 0 Å². The summed E-state index contributed by atoms with van der Waals surface area (Å²) in [6.45, 7) is 2.88. The Kier molecular flexibility index (Phi) is 3.90. The number of piperidine rings is 2. The minimum atomic E-state index is -1.19. The van der Waals surface area contributed by atoms with Crippen LogP contribution in [0.3, 0.4) is 0 Å². The van der Waals surface area contributed by atoms with Gasteiger partial charge in [0.25, 0.3) is 0 Å². The number of fused-ring (bicyclic) bond motifs is 4. The molecule has 7 heteroatoms. The molecule has 0 radical (unpaired) electrons. The molecule has 2 bridgehead atoms. The van der Waals surface area contributed by atoms with E-state index in [-0.39, 0.29) is 17.3 Å². The van der Waals surface area contributed by atoms with Gasteiger partial charge >= 0.3 is 5.97 Å². The minimum absolute atomic E-state index is 0.206. The third-order valence-corrected chi connectivity index (χ3v) is 5.07. The number of hydrogen-bond donors (Lipinski definition) is 3. The number of halogens is 1. The lowest BCUT2D eigenvalue weighted by Crippen LogP contribution is -2.61. The molecule has 5 rings (SSSR count). The summed E-state index contributed by atoms with van der Waals surface area (Å²) < 4.78 is 19.5. The van der Waals surface area contributed by atoms with Crippen molar-refractivity contribution < 1.29 is 19.0 Å².